The smallest absolute Gasteiger partial charge is 0.244 e. The number of aliphatic hydroxyl groups is 1. The molecule has 0 aliphatic carbocycles. The molecule has 0 aliphatic rings. The number of amides is 1. The molecule has 1 heterocycles. The number of hydrogen-bond donors (Lipinski definition) is 2. The van der Waals surface area contributed by atoms with Crippen LogP contribution < -0.4 is 5.32 Å². The topological polar surface area (TPSA) is 62.5 Å². The summed E-state index contributed by atoms with van der Waals surface area (Å²) in [4.78, 5) is 11.5. The van der Waals surface area contributed by atoms with Crippen molar-refractivity contribution < 1.29 is 14.3 Å². The monoisotopic (exact) mass is 251 g/mol. The van der Waals surface area contributed by atoms with Gasteiger partial charge in [0, 0.05) is 12.6 Å². The minimum absolute atomic E-state index is 0.0498. The third-order valence-corrected chi connectivity index (χ3v) is 2.30. The molecule has 1 atom stereocenters. The number of aliphatic hydroxyl groups excluding tert-OH is 1. The fraction of sp³-hybridized carbons (Fsp3) is 0.500. The molecule has 1 aromatic rings. The fourth-order valence-corrected chi connectivity index (χ4v) is 1.60. The average molecular weight is 251 g/mol. The third-order valence-electron chi connectivity index (χ3n) is 2.30. The van der Waals surface area contributed by atoms with E-state index in [1.807, 2.05) is 0 Å². The first-order valence-corrected chi connectivity index (χ1v) is 6.04. The van der Waals surface area contributed by atoms with Crippen LogP contribution in [-0.2, 0) is 4.79 Å². The normalized spacial score (nSPS) is 13.8. The van der Waals surface area contributed by atoms with Crippen molar-refractivity contribution in [3.63, 3.8) is 0 Å². The maximum absolute atomic E-state index is 11.5. The maximum atomic E-state index is 11.5. The van der Waals surface area contributed by atoms with E-state index in [1.54, 1.807) is 24.5 Å². The lowest BCUT2D eigenvalue weighted by atomic mass is 9.89. The molecule has 4 heteroatoms. The molecule has 0 radical (unpaired) electrons. The van der Waals surface area contributed by atoms with Gasteiger partial charge in [-0.25, -0.2) is 0 Å². The summed E-state index contributed by atoms with van der Waals surface area (Å²) in [6.45, 7) is 6.41. The Hall–Kier alpha value is -1.55. The van der Waals surface area contributed by atoms with Gasteiger partial charge >= 0.3 is 0 Å². The van der Waals surface area contributed by atoms with Gasteiger partial charge in [0.25, 0.3) is 0 Å². The zero-order chi connectivity index (χ0) is 13.6. The van der Waals surface area contributed by atoms with Gasteiger partial charge in [0.2, 0.25) is 5.91 Å². The summed E-state index contributed by atoms with van der Waals surface area (Å²) in [5.41, 5.74) is 0.0498. The summed E-state index contributed by atoms with van der Waals surface area (Å²) >= 11 is 0. The van der Waals surface area contributed by atoms with Gasteiger partial charge in [0.1, 0.15) is 5.76 Å². The molecule has 1 rings (SSSR count). The van der Waals surface area contributed by atoms with Gasteiger partial charge in [-0.3, -0.25) is 4.79 Å². The summed E-state index contributed by atoms with van der Waals surface area (Å²) in [5.74, 6) is 0.389. The Bertz CT molecular complexity index is 388. The van der Waals surface area contributed by atoms with E-state index in [2.05, 4.69) is 26.1 Å². The van der Waals surface area contributed by atoms with Gasteiger partial charge in [-0.1, -0.05) is 20.8 Å². The van der Waals surface area contributed by atoms with Crippen molar-refractivity contribution in [1.29, 1.82) is 0 Å². The van der Waals surface area contributed by atoms with E-state index in [-0.39, 0.29) is 17.9 Å². The average Bonchev–Trinajstić information content (AvgIpc) is 2.74. The van der Waals surface area contributed by atoms with Crippen molar-refractivity contribution in [2.45, 2.75) is 33.3 Å². The van der Waals surface area contributed by atoms with E-state index in [9.17, 15) is 9.90 Å². The molecule has 18 heavy (non-hydrogen) atoms. The van der Waals surface area contributed by atoms with Crippen molar-refractivity contribution in [3.8, 4) is 0 Å². The lowest BCUT2D eigenvalue weighted by Crippen LogP contribution is -2.33. The minimum Gasteiger partial charge on any atom is -0.465 e. The molecule has 1 unspecified atom stereocenters. The second-order valence-electron chi connectivity index (χ2n) is 5.51. The number of carbonyl (C=O) groups excluding carboxylic acids is 1. The van der Waals surface area contributed by atoms with Crippen molar-refractivity contribution in [2.24, 2.45) is 5.41 Å². The first-order chi connectivity index (χ1) is 8.37. The lowest BCUT2D eigenvalue weighted by Gasteiger charge is -2.22. The van der Waals surface area contributed by atoms with Crippen LogP contribution in [0.3, 0.4) is 0 Å². The van der Waals surface area contributed by atoms with Crippen molar-refractivity contribution in [3.05, 3.63) is 30.2 Å². The van der Waals surface area contributed by atoms with E-state index < -0.39 is 6.10 Å². The maximum Gasteiger partial charge on any atom is 0.244 e. The van der Waals surface area contributed by atoms with Gasteiger partial charge in [-0.2, -0.15) is 0 Å². The summed E-state index contributed by atoms with van der Waals surface area (Å²) in [6, 6.07) is 3.52. The van der Waals surface area contributed by atoms with Crippen LogP contribution in [0.15, 0.2) is 28.9 Å². The van der Waals surface area contributed by atoms with Crippen molar-refractivity contribution in [1.82, 2.24) is 5.32 Å². The Kier molecular flexibility index (Phi) is 5.16. The standard InChI is InChI=1S/C14H21NO3/c1-14(2,3)9-11(16)10-15-13(17)7-6-12-5-4-8-18-12/h4-8,11,16H,9-10H2,1-3H3,(H,15,17)/b7-6+. The van der Waals surface area contributed by atoms with E-state index in [0.29, 0.717) is 12.2 Å². The predicted molar refractivity (Wildman–Crippen MR) is 70.8 cm³/mol. The zero-order valence-electron chi connectivity index (χ0n) is 11.1. The van der Waals surface area contributed by atoms with Crippen LogP contribution in [0.25, 0.3) is 6.08 Å². The van der Waals surface area contributed by atoms with E-state index >= 15 is 0 Å². The molecule has 0 spiro atoms. The third kappa shape index (κ3) is 6.25. The first kappa shape index (κ1) is 14.5. The summed E-state index contributed by atoms with van der Waals surface area (Å²) in [7, 11) is 0. The minimum atomic E-state index is -0.522. The quantitative estimate of drug-likeness (QED) is 0.789. The molecule has 2 N–H and O–H groups in total. The van der Waals surface area contributed by atoms with Gasteiger partial charge in [0.15, 0.2) is 0 Å². The van der Waals surface area contributed by atoms with E-state index in [0.717, 1.165) is 0 Å². The van der Waals surface area contributed by atoms with Crippen molar-refractivity contribution >= 4 is 12.0 Å². The van der Waals surface area contributed by atoms with Crippen LogP contribution in [0, 0.1) is 5.41 Å². The van der Waals surface area contributed by atoms with Crippen LogP contribution >= 0.6 is 0 Å². The number of nitrogens with one attached hydrogen (secondary N) is 1. The Morgan fingerprint density at radius 2 is 2.28 bits per heavy atom. The molecule has 1 aromatic heterocycles. The molecule has 0 aliphatic heterocycles. The van der Waals surface area contributed by atoms with Gasteiger partial charge in [0.05, 0.1) is 12.4 Å². The summed E-state index contributed by atoms with van der Waals surface area (Å²) in [5, 5.41) is 12.4. The van der Waals surface area contributed by atoms with Crippen LogP contribution in [0.5, 0.6) is 0 Å². The van der Waals surface area contributed by atoms with Gasteiger partial charge in [-0.05, 0) is 30.0 Å². The first-order valence-electron chi connectivity index (χ1n) is 6.04. The summed E-state index contributed by atoms with van der Waals surface area (Å²) < 4.78 is 5.06. The van der Waals surface area contributed by atoms with Gasteiger partial charge in [-0.15, -0.1) is 0 Å². The fourth-order valence-electron chi connectivity index (χ4n) is 1.60. The number of carbonyl (C=O) groups is 1. The molecular weight excluding hydrogens is 230 g/mol. The summed E-state index contributed by atoms with van der Waals surface area (Å²) in [6.07, 6.45) is 4.65. The highest BCUT2D eigenvalue weighted by atomic mass is 16.3. The highest BCUT2D eigenvalue weighted by molar-refractivity contribution is 5.91. The predicted octanol–water partition coefficient (Wildman–Crippen LogP) is 2.21. The Morgan fingerprint density at radius 3 is 2.83 bits per heavy atom. The highest BCUT2D eigenvalue weighted by Crippen LogP contribution is 2.20. The molecule has 4 nitrogen and oxygen atoms in total. The molecular formula is C14H21NO3. The Labute approximate surface area is 108 Å². The Balaban J connectivity index is 2.29. The second kappa shape index (κ2) is 6.40. The molecule has 100 valence electrons. The second-order valence-corrected chi connectivity index (χ2v) is 5.51. The van der Waals surface area contributed by atoms with Gasteiger partial charge < -0.3 is 14.8 Å². The molecule has 0 saturated heterocycles. The zero-order valence-corrected chi connectivity index (χ0v) is 11.1. The largest absolute Gasteiger partial charge is 0.465 e. The molecule has 1 amide bonds. The van der Waals surface area contributed by atoms with Crippen molar-refractivity contribution in [2.75, 3.05) is 6.54 Å². The molecule has 0 saturated carbocycles. The molecule has 0 bridgehead atoms. The van der Waals surface area contributed by atoms with Crippen LogP contribution in [0.1, 0.15) is 33.0 Å². The number of rotatable bonds is 5. The Morgan fingerprint density at radius 1 is 1.56 bits per heavy atom. The highest BCUT2D eigenvalue weighted by Gasteiger charge is 2.16. The SMILES string of the molecule is CC(C)(C)CC(O)CNC(=O)/C=C/c1ccco1. The van der Waals surface area contributed by atoms with E-state index in [4.69, 9.17) is 4.42 Å². The van der Waals surface area contributed by atoms with Crippen LogP contribution in [-0.4, -0.2) is 23.7 Å². The lowest BCUT2D eigenvalue weighted by molar-refractivity contribution is -0.117. The number of furan rings is 1. The van der Waals surface area contributed by atoms with Crippen LogP contribution in [0.2, 0.25) is 0 Å². The number of hydrogen-bond acceptors (Lipinski definition) is 3. The van der Waals surface area contributed by atoms with E-state index in [1.165, 1.54) is 6.08 Å². The molecule has 0 aromatic carbocycles. The van der Waals surface area contributed by atoms with Crippen LogP contribution in [0.4, 0.5) is 0 Å². The molecule has 0 fully saturated rings.